The molecule has 0 unspecified atom stereocenters. The minimum absolute atomic E-state index is 0.123. The lowest BCUT2D eigenvalue weighted by Gasteiger charge is -2.10. The molecule has 3 rings (SSSR count). The molecular formula is C18H18F2N6O2. The Morgan fingerprint density at radius 1 is 1.21 bits per heavy atom. The first-order valence-electron chi connectivity index (χ1n) is 8.41. The van der Waals surface area contributed by atoms with Crippen LogP contribution >= 0.6 is 0 Å². The molecule has 0 radical (unpaired) electrons. The van der Waals surface area contributed by atoms with E-state index in [2.05, 4.69) is 31.0 Å². The maximum absolute atomic E-state index is 13.4. The highest BCUT2D eigenvalue weighted by atomic mass is 19.1. The third kappa shape index (κ3) is 4.58. The molecule has 0 bridgehead atoms. The van der Waals surface area contributed by atoms with Gasteiger partial charge in [0, 0.05) is 23.7 Å². The fourth-order valence-electron chi connectivity index (χ4n) is 2.41. The van der Waals surface area contributed by atoms with Crippen molar-refractivity contribution in [1.82, 2.24) is 20.7 Å². The van der Waals surface area contributed by atoms with Crippen molar-refractivity contribution in [3.05, 3.63) is 53.4 Å². The monoisotopic (exact) mass is 388 g/mol. The molecule has 1 amide bonds. The molecule has 0 fully saturated rings. The molecule has 0 aliphatic heterocycles. The van der Waals surface area contributed by atoms with Crippen molar-refractivity contribution >= 4 is 17.7 Å². The van der Waals surface area contributed by atoms with Gasteiger partial charge in [0.2, 0.25) is 5.96 Å². The van der Waals surface area contributed by atoms with Crippen molar-refractivity contribution in [2.24, 2.45) is 4.99 Å². The zero-order valence-electron chi connectivity index (χ0n) is 15.4. The fourth-order valence-corrected chi connectivity index (χ4v) is 2.41. The van der Waals surface area contributed by atoms with Crippen LogP contribution in [0.3, 0.4) is 0 Å². The Kier molecular flexibility index (Phi) is 5.48. The lowest BCUT2D eigenvalue weighted by Crippen LogP contribution is -2.37. The normalized spacial score (nSPS) is 11.7. The maximum atomic E-state index is 13.4. The quantitative estimate of drug-likeness (QED) is 0.470. The van der Waals surface area contributed by atoms with Gasteiger partial charge >= 0.3 is 0 Å². The van der Waals surface area contributed by atoms with E-state index >= 15 is 0 Å². The van der Waals surface area contributed by atoms with E-state index in [1.54, 1.807) is 13.0 Å². The fraction of sp³-hybridized carbons (Fsp3) is 0.222. The number of benzene rings is 1. The number of aromatic nitrogens is 3. The zero-order chi connectivity index (χ0) is 20.3. The highest BCUT2D eigenvalue weighted by molar-refractivity contribution is 6.10. The highest BCUT2D eigenvalue weighted by Crippen LogP contribution is 2.22. The summed E-state index contributed by atoms with van der Waals surface area (Å²) in [6, 6.07) is 4.57. The van der Waals surface area contributed by atoms with Crippen LogP contribution in [-0.2, 0) is 0 Å². The predicted molar refractivity (Wildman–Crippen MR) is 98.8 cm³/mol. The first kappa shape index (κ1) is 19.2. The average Bonchev–Trinajstić information content (AvgIpc) is 3.22. The van der Waals surface area contributed by atoms with Crippen molar-refractivity contribution in [2.75, 3.05) is 5.32 Å². The summed E-state index contributed by atoms with van der Waals surface area (Å²) in [5.74, 6) is -1.01. The SMILES string of the molecule is Cc1oncc1C(=O)NC(=NC(C)C)Nc1cc(-c2cc(F)cc(F)c2)[nH]n1. The predicted octanol–water partition coefficient (Wildman–Crippen LogP) is 3.26. The van der Waals surface area contributed by atoms with E-state index in [4.69, 9.17) is 4.52 Å². The Hall–Kier alpha value is -3.56. The number of hydrogen-bond acceptors (Lipinski definition) is 5. The third-order valence-corrected chi connectivity index (χ3v) is 3.61. The van der Waals surface area contributed by atoms with Crippen LogP contribution in [0.25, 0.3) is 11.3 Å². The molecule has 0 atom stereocenters. The summed E-state index contributed by atoms with van der Waals surface area (Å²) in [5.41, 5.74) is 0.965. The summed E-state index contributed by atoms with van der Waals surface area (Å²) in [7, 11) is 0. The lowest BCUT2D eigenvalue weighted by molar-refractivity contribution is 0.0975. The van der Waals surface area contributed by atoms with Gasteiger partial charge in [-0.3, -0.25) is 15.2 Å². The van der Waals surface area contributed by atoms with Crippen molar-refractivity contribution in [3.63, 3.8) is 0 Å². The first-order valence-corrected chi connectivity index (χ1v) is 8.41. The molecule has 0 spiro atoms. The van der Waals surface area contributed by atoms with E-state index in [1.807, 2.05) is 13.8 Å². The third-order valence-electron chi connectivity index (χ3n) is 3.61. The van der Waals surface area contributed by atoms with Crippen LogP contribution in [0.15, 0.2) is 40.0 Å². The topological polar surface area (TPSA) is 108 Å². The van der Waals surface area contributed by atoms with E-state index < -0.39 is 17.5 Å². The van der Waals surface area contributed by atoms with Crippen molar-refractivity contribution in [3.8, 4) is 11.3 Å². The summed E-state index contributed by atoms with van der Waals surface area (Å²) in [6.07, 6.45) is 1.31. The largest absolute Gasteiger partial charge is 0.361 e. The highest BCUT2D eigenvalue weighted by Gasteiger charge is 2.16. The molecule has 10 heteroatoms. The maximum Gasteiger partial charge on any atom is 0.263 e. The summed E-state index contributed by atoms with van der Waals surface area (Å²) in [6.45, 7) is 5.29. The van der Waals surface area contributed by atoms with Gasteiger partial charge in [0.15, 0.2) is 5.82 Å². The van der Waals surface area contributed by atoms with Crippen molar-refractivity contribution < 1.29 is 18.1 Å². The van der Waals surface area contributed by atoms with E-state index in [-0.39, 0.29) is 17.6 Å². The number of aromatic amines is 1. The summed E-state index contributed by atoms with van der Waals surface area (Å²) in [5, 5.41) is 15.8. The minimum atomic E-state index is -0.697. The number of anilines is 1. The second kappa shape index (κ2) is 7.99. The Morgan fingerprint density at radius 3 is 2.54 bits per heavy atom. The molecule has 2 aromatic heterocycles. The zero-order valence-corrected chi connectivity index (χ0v) is 15.4. The summed E-state index contributed by atoms with van der Waals surface area (Å²) >= 11 is 0. The smallest absolute Gasteiger partial charge is 0.263 e. The number of rotatable bonds is 4. The van der Waals surface area contributed by atoms with Gasteiger partial charge in [-0.15, -0.1) is 0 Å². The molecule has 0 aliphatic carbocycles. The Bertz CT molecular complexity index is 1000. The number of guanidine groups is 1. The second-order valence-corrected chi connectivity index (χ2v) is 6.27. The molecule has 8 nitrogen and oxygen atoms in total. The first-order chi connectivity index (χ1) is 13.3. The van der Waals surface area contributed by atoms with E-state index in [0.29, 0.717) is 22.8 Å². The van der Waals surface area contributed by atoms with Crippen molar-refractivity contribution in [2.45, 2.75) is 26.8 Å². The van der Waals surface area contributed by atoms with Crippen LogP contribution in [0.5, 0.6) is 0 Å². The molecule has 1 aromatic carbocycles. The van der Waals surface area contributed by atoms with Gasteiger partial charge in [-0.1, -0.05) is 5.16 Å². The number of amides is 1. The van der Waals surface area contributed by atoms with Gasteiger partial charge in [-0.05, 0) is 32.9 Å². The number of H-pyrrole nitrogens is 1. The van der Waals surface area contributed by atoms with E-state index in [9.17, 15) is 13.6 Å². The number of aryl methyl sites for hydroxylation is 1. The van der Waals surface area contributed by atoms with E-state index in [0.717, 1.165) is 6.07 Å². The average molecular weight is 388 g/mol. The molecule has 146 valence electrons. The number of aliphatic imine (C=N–C) groups is 1. The molecule has 3 aromatic rings. The minimum Gasteiger partial charge on any atom is -0.361 e. The second-order valence-electron chi connectivity index (χ2n) is 6.27. The van der Waals surface area contributed by atoms with Crippen molar-refractivity contribution in [1.29, 1.82) is 0 Å². The van der Waals surface area contributed by atoms with Crippen LogP contribution in [0.2, 0.25) is 0 Å². The Labute approximate surface area is 159 Å². The molecule has 2 heterocycles. The molecule has 3 N–H and O–H groups in total. The van der Waals surface area contributed by atoms with Gasteiger partial charge in [-0.2, -0.15) is 5.10 Å². The van der Waals surface area contributed by atoms with Gasteiger partial charge in [0.1, 0.15) is 23.0 Å². The number of carbonyl (C=O) groups is 1. The molecule has 0 saturated heterocycles. The van der Waals surface area contributed by atoms with Gasteiger partial charge < -0.3 is 9.84 Å². The van der Waals surface area contributed by atoms with Gasteiger partial charge in [-0.25, -0.2) is 13.8 Å². The Balaban J connectivity index is 1.79. The molecular weight excluding hydrogens is 370 g/mol. The number of halogens is 2. The molecule has 0 aliphatic rings. The lowest BCUT2D eigenvalue weighted by atomic mass is 10.1. The molecule has 0 saturated carbocycles. The number of nitrogens with zero attached hydrogens (tertiary/aromatic N) is 3. The van der Waals surface area contributed by atoms with Gasteiger partial charge in [0.05, 0.1) is 11.9 Å². The Morgan fingerprint density at radius 2 is 1.93 bits per heavy atom. The van der Waals surface area contributed by atoms with E-state index in [1.165, 1.54) is 18.3 Å². The van der Waals surface area contributed by atoms with Crippen LogP contribution in [0, 0.1) is 18.6 Å². The number of hydrogen-bond donors (Lipinski definition) is 3. The number of carbonyl (C=O) groups excluding carboxylic acids is 1. The van der Waals surface area contributed by atoms with Gasteiger partial charge in [0.25, 0.3) is 5.91 Å². The summed E-state index contributed by atoms with van der Waals surface area (Å²) < 4.78 is 31.7. The van der Waals surface area contributed by atoms with Crippen LogP contribution in [0.4, 0.5) is 14.6 Å². The van der Waals surface area contributed by atoms with Crippen LogP contribution < -0.4 is 10.6 Å². The van der Waals surface area contributed by atoms with Crippen LogP contribution in [-0.4, -0.2) is 33.3 Å². The van der Waals surface area contributed by atoms with Crippen LogP contribution in [0.1, 0.15) is 30.0 Å². The summed E-state index contributed by atoms with van der Waals surface area (Å²) in [4.78, 5) is 16.7. The molecule has 28 heavy (non-hydrogen) atoms. The number of nitrogens with one attached hydrogen (secondary N) is 3. The standard InChI is InChI=1S/C18H18F2N6O2/c1-9(2)22-18(24-17(27)14-8-21-28-10(14)3)23-16-7-15(25-26-16)11-4-12(19)6-13(20)5-11/h4-9H,1-3H3,(H3,22,23,24,25,26,27).